The van der Waals surface area contributed by atoms with Crippen molar-refractivity contribution in [1.29, 1.82) is 0 Å². The van der Waals surface area contributed by atoms with E-state index in [1.54, 1.807) is 12.2 Å². The molecule has 78 valence electrons. The van der Waals surface area contributed by atoms with Crippen LogP contribution in [0.1, 0.15) is 20.3 Å². The Morgan fingerprint density at radius 1 is 1.50 bits per heavy atom. The Balaban J connectivity index is 2.64. The molecular weight excluding hydrogens is 180 g/mol. The average molecular weight is 196 g/mol. The van der Waals surface area contributed by atoms with Gasteiger partial charge in [0, 0.05) is 13.0 Å². The SMILES string of the molecule is CCOC1=CCC(C=O)(OCC)C=C1. The molecule has 0 aliphatic heterocycles. The normalized spacial score (nSPS) is 25.7. The van der Waals surface area contributed by atoms with Gasteiger partial charge in [0.05, 0.1) is 6.61 Å². The molecule has 14 heavy (non-hydrogen) atoms. The van der Waals surface area contributed by atoms with Crippen molar-refractivity contribution in [2.75, 3.05) is 13.2 Å². The van der Waals surface area contributed by atoms with Gasteiger partial charge in [-0.3, -0.25) is 4.79 Å². The molecule has 1 unspecified atom stereocenters. The van der Waals surface area contributed by atoms with E-state index in [1.165, 1.54) is 0 Å². The van der Waals surface area contributed by atoms with Gasteiger partial charge in [-0.2, -0.15) is 0 Å². The minimum absolute atomic E-state index is 0.529. The number of ether oxygens (including phenoxy) is 2. The van der Waals surface area contributed by atoms with Crippen LogP contribution in [0.5, 0.6) is 0 Å². The Morgan fingerprint density at radius 3 is 2.71 bits per heavy atom. The molecule has 0 fully saturated rings. The summed E-state index contributed by atoms with van der Waals surface area (Å²) in [5, 5.41) is 0. The van der Waals surface area contributed by atoms with Crippen molar-refractivity contribution in [2.45, 2.75) is 25.9 Å². The topological polar surface area (TPSA) is 35.5 Å². The van der Waals surface area contributed by atoms with Crippen LogP contribution in [0.2, 0.25) is 0 Å². The van der Waals surface area contributed by atoms with Crippen LogP contribution in [0.15, 0.2) is 24.0 Å². The summed E-state index contributed by atoms with van der Waals surface area (Å²) < 4.78 is 10.7. The second-order valence-electron chi connectivity index (χ2n) is 3.08. The van der Waals surface area contributed by atoms with Crippen LogP contribution in [0, 0.1) is 0 Å². The first-order valence-electron chi connectivity index (χ1n) is 4.89. The van der Waals surface area contributed by atoms with Crippen molar-refractivity contribution < 1.29 is 14.3 Å². The quantitative estimate of drug-likeness (QED) is 0.629. The summed E-state index contributed by atoms with van der Waals surface area (Å²) in [6, 6.07) is 0. The van der Waals surface area contributed by atoms with Crippen molar-refractivity contribution in [3.05, 3.63) is 24.0 Å². The van der Waals surface area contributed by atoms with Gasteiger partial charge in [-0.1, -0.05) is 0 Å². The van der Waals surface area contributed by atoms with E-state index in [1.807, 2.05) is 19.9 Å². The maximum Gasteiger partial charge on any atom is 0.156 e. The number of aldehydes is 1. The summed E-state index contributed by atoms with van der Waals surface area (Å²) >= 11 is 0. The maximum atomic E-state index is 10.9. The third-order valence-electron chi connectivity index (χ3n) is 2.08. The van der Waals surface area contributed by atoms with Gasteiger partial charge in [-0.25, -0.2) is 0 Å². The molecule has 1 aliphatic rings. The molecule has 3 heteroatoms. The number of carbonyl (C=O) groups is 1. The summed E-state index contributed by atoms with van der Waals surface area (Å²) in [5.41, 5.74) is -0.769. The van der Waals surface area contributed by atoms with Crippen LogP contribution >= 0.6 is 0 Å². The fourth-order valence-corrected chi connectivity index (χ4v) is 1.39. The van der Waals surface area contributed by atoms with Gasteiger partial charge in [-0.05, 0) is 32.1 Å². The number of hydrogen-bond donors (Lipinski definition) is 0. The van der Waals surface area contributed by atoms with E-state index < -0.39 is 5.60 Å². The molecule has 0 bridgehead atoms. The molecule has 0 saturated carbocycles. The van der Waals surface area contributed by atoms with Gasteiger partial charge in [0.2, 0.25) is 0 Å². The standard InChI is InChI=1S/C11H16O3/c1-3-13-10-5-7-11(9-12,8-6-10)14-4-2/h5-7,9H,3-4,8H2,1-2H3. The van der Waals surface area contributed by atoms with Crippen LogP contribution in [-0.4, -0.2) is 25.1 Å². The summed E-state index contributed by atoms with van der Waals surface area (Å²) in [4.78, 5) is 10.9. The molecule has 1 atom stereocenters. The Hall–Kier alpha value is -1.09. The van der Waals surface area contributed by atoms with Gasteiger partial charge in [0.1, 0.15) is 11.4 Å². The van der Waals surface area contributed by atoms with E-state index in [-0.39, 0.29) is 0 Å². The Kier molecular flexibility index (Phi) is 3.89. The molecule has 0 aromatic rings. The largest absolute Gasteiger partial charge is 0.494 e. The maximum absolute atomic E-state index is 10.9. The first kappa shape index (κ1) is 11.0. The fourth-order valence-electron chi connectivity index (χ4n) is 1.39. The molecule has 0 radical (unpaired) electrons. The predicted molar refractivity (Wildman–Crippen MR) is 53.9 cm³/mol. The van der Waals surface area contributed by atoms with Crippen LogP contribution in [0.3, 0.4) is 0 Å². The van der Waals surface area contributed by atoms with E-state index >= 15 is 0 Å². The summed E-state index contributed by atoms with van der Waals surface area (Å²) in [6.07, 6.45) is 6.82. The highest BCUT2D eigenvalue weighted by atomic mass is 16.5. The number of allylic oxidation sites excluding steroid dienone is 1. The molecule has 0 heterocycles. The lowest BCUT2D eigenvalue weighted by molar-refractivity contribution is -0.124. The van der Waals surface area contributed by atoms with Crippen molar-refractivity contribution >= 4 is 6.29 Å². The van der Waals surface area contributed by atoms with E-state index in [2.05, 4.69) is 0 Å². The molecule has 1 rings (SSSR count). The third kappa shape index (κ3) is 2.45. The van der Waals surface area contributed by atoms with Gasteiger partial charge in [0.25, 0.3) is 0 Å². The lowest BCUT2D eigenvalue weighted by atomic mass is 9.96. The van der Waals surface area contributed by atoms with Crippen LogP contribution in [-0.2, 0) is 14.3 Å². The van der Waals surface area contributed by atoms with Gasteiger partial charge in [-0.15, -0.1) is 0 Å². The molecule has 0 N–H and O–H groups in total. The summed E-state index contributed by atoms with van der Waals surface area (Å²) in [5.74, 6) is 0.810. The smallest absolute Gasteiger partial charge is 0.156 e. The highest BCUT2D eigenvalue weighted by Gasteiger charge is 2.28. The van der Waals surface area contributed by atoms with E-state index in [0.717, 1.165) is 12.0 Å². The number of carbonyl (C=O) groups excluding carboxylic acids is 1. The third-order valence-corrected chi connectivity index (χ3v) is 2.08. The second kappa shape index (κ2) is 4.96. The first-order chi connectivity index (χ1) is 6.76. The summed E-state index contributed by atoms with van der Waals surface area (Å²) in [6.45, 7) is 4.97. The van der Waals surface area contributed by atoms with Crippen LogP contribution in [0.4, 0.5) is 0 Å². The lowest BCUT2D eigenvalue weighted by Gasteiger charge is -2.25. The highest BCUT2D eigenvalue weighted by Crippen LogP contribution is 2.23. The van der Waals surface area contributed by atoms with Gasteiger partial charge >= 0.3 is 0 Å². The van der Waals surface area contributed by atoms with Crippen molar-refractivity contribution in [3.63, 3.8) is 0 Å². The minimum Gasteiger partial charge on any atom is -0.494 e. The van der Waals surface area contributed by atoms with Crippen LogP contribution < -0.4 is 0 Å². The molecule has 0 amide bonds. The second-order valence-corrected chi connectivity index (χ2v) is 3.08. The Labute approximate surface area is 84.4 Å². The molecule has 3 nitrogen and oxygen atoms in total. The number of hydrogen-bond acceptors (Lipinski definition) is 3. The van der Waals surface area contributed by atoms with Crippen LogP contribution in [0.25, 0.3) is 0 Å². The molecule has 1 aliphatic carbocycles. The minimum atomic E-state index is -0.769. The predicted octanol–water partition coefficient (Wildman–Crippen LogP) is 1.84. The zero-order valence-electron chi connectivity index (χ0n) is 8.66. The highest BCUT2D eigenvalue weighted by molar-refractivity contribution is 5.67. The van der Waals surface area contributed by atoms with E-state index in [4.69, 9.17) is 9.47 Å². The average Bonchev–Trinajstić information content (AvgIpc) is 2.22. The van der Waals surface area contributed by atoms with Crippen molar-refractivity contribution in [3.8, 4) is 0 Å². The van der Waals surface area contributed by atoms with E-state index in [9.17, 15) is 4.79 Å². The molecule has 0 aromatic carbocycles. The number of rotatable bonds is 5. The lowest BCUT2D eigenvalue weighted by Crippen LogP contribution is -2.33. The summed E-state index contributed by atoms with van der Waals surface area (Å²) in [7, 11) is 0. The molecule has 0 spiro atoms. The van der Waals surface area contributed by atoms with Crippen molar-refractivity contribution in [2.24, 2.45) is 0 Å². The monoisotopic (exact) mass is 196 g/mol. The molecule has 0 saturated heterocycles. The fraction of sp³-hybridized carbons (Fsp3) is 0.545. The Bertz CT molecular complexity index is 255. The zero-order valence-corrected chi connectivity index (χ0v) is 8.66. The van der Waals surface area contributed by atoms with Gasteiger partial charge < -0.3 is 9.47 Å². The zero-order chi connectivity index (χ0) is 10.4. The van der Waals surface area contributed by atoms with Crippen molar-refractivity contribution in [1.82, 2.24) is 0 Å². The molecular formula is C11H16O3. The Morgan fingerprint density at radius 2 is 2.29 bits per heavy atom. The molecule has 0 aromatic heterocycles. The first-order valence-corrected chi connectivity index (χ1v) is 4.89. The van der Waals surface area contributed by atoms with Gasteiger partial charge in [0.15, 0.2) is 6.29 Å². The van der Waals surface area contributed by atoms with E-state index in [0.29, 0.717) is 19.6 Å².